The Kier molecular flexibility index (Phi) is 7.64. The predicted molar refractivity (Wildman–Crippen MR) is 144 cm³/mol. The first-order valence-electron chi connectivity index (χ1n) is 11.5. The molecule has 186 valence electrons. The number of rotatable bonds is 7. The van der Waals surface area contributed by atoms with Gasteiger partial charge in [-0.3, -0.25) is 0 Å². The van der Waals surface area contributed by atoms with E-state index in [9.17, 15) is 8.96 Å². The Labute approximate surface area is 211 Å². The van der Waals surface area contributed by atoms with Crippen LogP contribution in [-0.2, 0) is 4.57 Å². The Bertz CT molecular complexity index is 1240. The maximum atomic E-state index is 15.0. The molecule has 1 saturated heterocycles. The normalized spacial score (nSPS) is 14.9. The van der Waals surface area contributed by atoms with E-state index in [0.717, 1.165) is 25.9 Å². The first kappa shape index (κ1) is 25.4. The SMILES string of the molecule is CN(C)C1CCN(c2ccc(Nc3ncc(Cl)c(Nc4ccccc4P(C)(C)=O)n3)cc2F)CC1. The second kappa shape index (κ2) is 10.5. The van der Waals surface area contributed by atoms with E-state index in [4.69, 9.17) is 11.6 Å². The van der Waals surface area contributed by atoms with Crippen molar-refractivity contribution in [2.75, 3.05) is 56.0 Å². The fourth-order valence-electron chi connectivity index (χ4n) is 4.28. The summed E-state index contributed by atoms with van der Waals surface area (Å²) in [5.74, 6) is 0.344. The molecular weight excluding hydrogens is 486 g/mol. The van der Waals surface area contributed by atoms with Gasteiger partial charge < -0.3 is 25.0 Å². The maximum Gasteiger partial charge on any atom is 0.229 e. The van der Waals surface area contributed by atoms with Gasteiger partial charge in [0.1, 0.15) is 18.0 Å². The Morgan fingerprint density at radius 2 is 1.83 bits per heavy atom. The highest BCUT2D eigenvalue weighted by molar-refractivity contribution is 7.70. The lowest BCUT2D eigenvalue weighted by Gasteiger charge is -2.36. The first-order valence-corrected chi connectivity index (χ1v) is 14.5. The highest BCUT2D eigenvalue weighted by atomic mass is 35.5. The molecule has 2 heterocycles. The van der Waals surface area contributed by atoms with Gasteiger partial charge in [-0.25, -0.2) is 9.37 Å². The van der Waals surface area contributed by atoms with E-state index in [-0.39, 0.29) is 11.8 Å². The Balaban J connectivity index is 1.50. The topological polar surface area (TPSA) is 73.4 Å². The van der Waals surface area contributed by atoms with E-state index in [0.29, 0.717) is 39.2 Å². The molecule has 35 heavy (non-hydrogen) atoms. The number of nitrogens with zero attached hydrogens (tertiary/aromatic N) is 4. The minimum absolute atomic E-state index is 0.268. The molecule has 4 rings (SSSR count). The molecule has 0 saturated carbocycles. The van der Waals surface area contributed by atoms with Crippen molar-refractivity contribution < 1.29 is 8.96 Å². The van der Waals surface area contributed by atoms with Crippen molar-refractivity contribution in [3.05, 3.63) is 59.5 Å². The van der Waals surface area contributed by atoms with Crippen molar-refractivity contribution >= 4 is 52.9 Å². The second-order valence-electron chi connectivity index (χ2n) is 9.36. The summed E-state index contributed by atoms with van der Waals surface area (Å²) in [7, 11) is 1.66. The molecule has 0 amide bonds. The summed E-state index contributed by atoms with van der Waals surface area (Å²) in [6, 6.07) is 13.0. The maximum absolute atomic E-state index is 15.0. The Hall–Kier alpha value is -2.67. The highest BCUT2D eigenvalue weighted by Crippen LogP contribution is 2.38. The third kappa shape index (κ3) is 6.13. The number of anilines is 5. The van der Waals surface area contributed by atoms with Crippen LogP contribution in [0.5, 0.6) is 0 Å². The molecular formula is C25H31ClFN6OP. The van der Waals surface area contributed by atoms with Crippen molar-refractivity contribution in [2.45, 2.75) is 18.9 Å². The van der Waals surface area contributed by atoms with Gasteiger partial charge in [-0.15, -0.1) is 0 Å². The third-order valence-corrected chi connectivity index (χ3v) is 8.05. The molecule has 0 radical (unpaired) electrons. The number of para-hydroxylation sites is 1. The quantitative estimate of drug-likeness (QED) is 0.400. The molecule has 0 unspecified atom stereocenters. The Morgan fingerprint density at radius 1 is 1.11 bits per heavy atom. The van der Waals surface area contributed by atoms with Crippen LogP contribution in [0.1, 0.15) is 12.8 Å². The summed E-state index contributed by atoms with van der Waals surface area (Å²) < 4.78 is 27.7. The summed E-state index contributed by atoms with van der Waals surface area (Å²) in [4.78, 5) is 13.0. The van der Waals surface area contributed by atoms with Crippen LogP contribution in [0.4, 0.5) is 33.2 Å². The lowest BCUT2D eigenvalue weighted by Crippen LogP contribution is -2.42. The number of piperidine rings is 1. The van der Waals surface area contributed by atoms with Crippen LogP contribution in [0.25, 0.3) is 0 Å². The van der Waals surface area contributed by atoms with Gasteiger partial charge in [0.25, 0.3) is 0 Å². The van der Waals surface area contributed by atoms with Crippen molar-refractivity contribution in [3.8, 4) is 0 Å². The minimum atomic E-state index is -2.52. The molecule has 2 N–H and O–H groups in total. The average molecular weight is 517 g/mol. The summed E-state index contributed by atoms with van der Waals surface area (Å²) in [5, 5.41) is 7.24. The molecule has 1 aromatic heterocycles. The standard InChI is InChI=1S/C25H31ClFN6OP/c1-32(2)18-11-13-33(14-12-18)22-10-9-17(15-20(22)27)29-25-28-16-19(26)24(31-25)30-21-7-5-6-8-23(21)35(3,4)34/h5-10,15-16,18H,11-14H2,1-4H3,(H2,28,29,30,31). The predicted octanol–water partition coefficient (Wildman–Crippen LogP) is 5.53. The van der Waals surface area contributed by atoms with Crippen LogP contribution in [-0.4, -0.2) is 61.4 Å². The smallest absolute Gasteiger partial charge is 0.229 e. The molecule has 0 atom stereocenters. The molecule has 2 aromatic carbocycles. The second-order valence-corrected chi connectivity index (χ2v) is 12.9. The van der Waals surface area contributed by atoms with Crippen molar-refractivity contribution in [3.63, 3.8) is 0 Å². The van der Waals surface area contributed by atoms with Crippen LogP contribution < -0.4 is 20.8 Å². The molecule has 1 aliphatic rings. The van der Waals surface area contributed by atoms with Crippen LogP contribution in [0.3, 0.4) is 0 Å². The van der Waals surface area contributed by atoms with Crippen LogP contribution in [0.2, 0.25) is 5.02 Å². The van der Waals surface area contributed by atoms with Crippen molar-refractivity contribution in [1.82, 2.24) is 14.9 Å². The molecule has 10 heteroatoms. The fraction of sp³-hybridized carbons (Fsp3) is 0.360. The lowest BCUT2D eigenvalue weighted by molar-refractivity contribution is 0.249. The van der Waals surface area contributed by atoms with E-state index in [1.807, 2.05) is 30.3 Å². The molecule has 1 fully saturated rings. The zero-order valence-electron chi connectivity index (χ0n) is 20.4. The number of hydrogen-bond acceptors (Lipinski definition) is 7. The summed E-state index contributed by atoms with van der Waals surface area (Å²) >= 11 is 6.32. The van der Waals surface area contributed by atoms with E-state index in [1.54, 1.807) is 19.4 Å². The molecule has 0 spiro atoms. The summed E-state index contributed by atoms with van der Waals surface area (Å²) in [6.07, 6.45) is 3.49. The van der Waals surface area contributed by atoms with Gasteiger partial charge in [-0.05, 0) is 70.6 Å². The fourth-order valence-corrected chi connectivity index (χ4v) is 5.58. The monoisotopic (exact) mass is 516 g/mol. The first-order chi connectivity index (χ1) is 16.6. The molecule has 0 aliphatic carbocycles. The number of halogens is 2. The van der Waals surface area contributed by atoms with Crippen LogP contribution >= 0.6 is 18.7 Å². The van der Waals surface area contributed by atoms with Gasteiger partial charge in [0.05, 0.1) is 17.6 Å². The summed E-state index contributed by atoms with van der Waals surface area (Å²) in [6.45, 7) is 5.08. The third-order valence-electron chi connectivity index (χ3n) is 6.22. The number of nitrogens with one attached hydrogen (secondary N) is 2. The van der Waals surface area contributed by atoms with Gasteiger partial charge in [0.15, 0.2) is 5.82 Å². The molecule has 7 nitrogen and oxygen atoms in total. The van der Waals surface area contributed by atoms with Crippen molar-refractivity contribution in [1.29, 1.82) is 0 Å². The van der Waals surface area contributed by atoms with Gasteiger partial charge in [-0.2, -0.15) is 4.98 Å². The van der Waals surface area contributed by atoms with Gasteiger partial charge in [-0.1, -0.05) is 23.7 Å². The average Bonchev–Trinajstić information content (AvgIpc) is 2.81. The van der Waals surface area contributed by atoms with Gasteiger partial charge in [0, 0.05) is 30.1 Å². The van der Waals surface area contributed by atoms with Gasteiger partial charge in [0.2, 0.25) is 5.95 Å². The van der Waals surface area contributed by atoms with Crippen LogP contribution in [0.15, 0.2) is 48.7 Å². The zero-order valence-corrected chi connectivity index (χ0v) is 22.1. The zero-order chi connectivity index (χ0) is 25.2. The minimum Gasteiger partial charge on any atom is -0.369 e. The highest BCUT2D eigenvalue weighted by Gasteiger charge is 2.23. The lowest BCUT2D eigenvalue weighted by atomic mass is 10.0. The number of hydrogen-bond donors (Lipinski definition) is 2. The van der Waals surface area contributed by atoms with Gasteiger partial charge >= 0.3 is 0 Å². The van der Waals surface area contributed by atoms with E-state index < -0.39 is 7.14 Å². The van der Waals surface area contributed by atoms with E-state index >= 15 is 0 Å². The largest absolute Gasteiger partial charge is 0.369 e. The van der Waals surface area contributed by atoms with E-state index in [1.165, 1.54) is 12.3 Å². The number of benzene rings is 2. The Morgan fingerprint density at radius 3 is 2.49 bits per heavy atom. The summed E-state index contributed by atoms with van der Waals surface area (Å²) in [5.41, 5.74) is 1.81. The van der Waals surface area contributed by atoms with Crippen LogP contribution in [0, 0.1) is 5.82 Å². The molecule has 0 bridgehead atoms. The molecule has 3 aromatic rings. The molecule has 1 aliphatic heterocycles. The van der Waals surface area contributed by atoms with E-state index in [2.05, 4.69) is 44.5 Å². The van der Waals surface area contributed by atoms with Crippen molar-refractivity contribution in [2.24, 2.45) is 0 Å². The number of aromatic nitrogens is 2.